The maximum Gasteiger partial charge on any atom is 0.361 e. The first-order valence-corrected chi connectivity index (χ1v) is 7.65. The maximum atomic E-state index is 12.3. The molecule has 1 aromatic carbocycles. The number of fused-ring (bicyclic) bond motifs is 1. The van der Waals surface area contributed by atoms with Crippen molar-refractivity contribution in [3.8, 4) is 0 Å². The monoisotopic (exact) mass is 356 g/mol. The molecule has 3 aromatic rings. The van der Waals surface area contributed by atoms with E-state index in [-0.39, 0.29) is 23.5 Å². The van der Waals surface area contributed by atoms with Crippen molar-refractivity contribution < 1.29 is 19.1 Å². The summed E-state index contributed by atoms with van der Waals surface area (Å²) in [4.78, 5) is 36.2. The molecular formula is C17H16N4O5. The summed E-state index contributed by atoms with van der Waals surface area (Å²) in [6.45, 7) is 0.114. The highest BCUT2D eigenvalue weighted by atomic mass is 16.5. The average molecular weight is 356 g/mol. The van der Waals surface area contributed by atoms with Crippen LogP contribution in [0.3, 0.4) is 0 Å². The molecule has 0 bridgehead atoms. The van der Waals surface area contributed by atoms with E-state index in [0.717, 1.165) is 10.9 Å². The van der Waals surface area contributed by atoms with Crippen LogP contribution in [0.15, 0.2) is 35.3 Å². The highest BCUT2D eigenvalue weighted by Gasteiger charge is 2.27. The molecule has 9 heteroatoms. The van der Waals surface area contributed by atoms with Crippen molar-refractivity contribution in [3.05, 3.63) is 57.8 Å². The first-order valence-electron chi connectivity index (χ1n) is 7.65. The number of pyridine rings is 1. The summed E-state index contributed by atoms with van der Waals surface area (Å²) in [6.07, 6.45) is 1.66. The van der Waals surface area contributed by atoms with E-state index in [1.165, 1.54) is 23.5 Å². The van der Waals surface area contributed by atoms with Gasteiger partial charge in [-0.25, -0.2) is 14.3 Å². The summed E-state index contributed by atoms with van der Waals surface area (Å²) >= 11 is 0. The van der Waals surface area contributed by atoms with Crippen LogP contribution in [0.25, 0.3) is 10.8 Å². The topological polar surface area (TPSA) is 105 Å². The zero-order chi connectivity index (χ0) is 18.8. The SMILES string of the molecule is COC(=O)c1nnn(Cc2cn(C)c(=O)c3ccccc23)c1C(=O)OC. The van der Waals surface area contributed by atoms with Crippen molar-refractivity contribution in [3.63, 3.8) is 0 Å². The summed E-state index contributed by atoms with van der Waals surface area (Å²) in [6, 6.07) is 7.12. The number of rotatable bonds is 4. The Morgan fingerprint density at radius 1 is 1.08 bits per heavy atom. The van der Waals surface area contributed by atoms with Gasteiger partial charge in [0.1, 0.15) is 0 Å². The molecule has 3 rings (SSSR count). The standard InChI is InChI=1S/C17H16N4O5/c1-20-8-10(11-6-4-5-7-12(11)15(20)22)9-21-14(17(24)26-3)13(18-19-21)16(23)25-2/h4-8H,9H2,1-3H3. The summed E-state index contributed by atoms with van der Waals surface area (Å²) in [7, 11) is 4.02. The molecule has 0 N–H and O–H groups in total. The van der Waals surface area contributed by atoms with Gasteiger partial charge in [-0.15, -0.1) is 5.10 Å². The van der Waals surface area contributed by atoms with E-state index in [4.69, 9.17) is 4.74 Å². The van der Waals surface area contributed by atoms with Crippen LogP contribution in [0, 0.1) is 0 Å². The molecule has 0 saturated heterocycles. The molecule has 2 aromatic heterocycles. The lowest BCUT2D eigenvalue weighted by Gasteiger charge is -2.10. The fourth-order valence-electron chi connectivity index (χ4n) is 2.75. The van der Waals surface area contributed by atoms with E-state index in [2.05, 4.69) is 15.0 Å². The minimum atomic E-state index is -0.790. The van der Waals surface area contributed by atoms with Crippen molar-refractivity contribution in [2.24, 2.45) is 7.05 Å². The lowest BCUT2D eigenvalue weighted by molar-refractivity contribution is 0.0544. The van der Waals surface area contributed by atoms with E-state index in [1.807, 2.05) is 12.1 Å². The zero-order valence-electron chi connectivity index (χ0n) is 14.4. The minimum absolute atomic E-state index is 0.114. The van der Waals surface area contributed by atoms with Gasteiger partial charge in [0.15, 0.2) is 5.69 Å². The van der Waals surface area contributed by atoms with Gasteiger partial charge in [0.05, 0.1) is 20.8 Å². The Bertz CT molecular complexity index is 1070. The second kappa shape index (κ2) is 6.79. The van der Waals surface area contributed by atoms with Crippen molar-refractivity contribution >= 4 is 22.7 Å². The Kier molecular flexibility index (Phi) is 4.53. The summed E-state index contributed by atoms with van der Waals surface area (Å²) in [5.74, 6) is -1.55. The number of methoxy groups -OCH3 is 2. The largest absolute Gasteiger partial charge is 0.464 e. The van der Waals surface area contributed by atoms with Crippen LogP contribution >= 0.6 is 0 Å². The lowest BCUT2D eigenvalue weighted by atomic mass is 10.1. The van der Waals surface area contributed by atoms with Gasteiger partial charge in [-0.1, -0.05) is 23.4 Å². The van der Waals surface area contributed by atoms with Gasteiger partial charge in [-0.05, 0) is 17.0 Å². The number of esters is 2. The van der Waals surface area contributed by atoms with Crippen molar-refractivity contribution in [1.29, 1.82) is 0 Å². The first kappa shape index (κ1) is 17.3. The van der Waals surface area contributed by atoms with Gasteiger partial charge < -0.3 is 14.0 Å². The molecule has 0 unspecified atom stereocenters. The van der Waals surface area contributed by atoms with Crippen LogP contribution in [0.4, 0.5) is 0 Å². The molecule has 0 saturated carbocycles. The zero-order valence-corrected chi connectivity index (χ0v) is 14.4. The third kappa shape index (κ3) is 2.83. The number of carbonyl (C=O) groups excluding carboxylic acids is 2. The van der Waals surface area contributed by atoms with Crippen LogP contribution in [-0.4, -0.2) is 45.7 Å². The van der Waals surface area contributed by atoms with Crippen LogP contribution in [-0.2, 0) is 23.1 Å². The van der Waals surface area contributed by atoms with Gasteiger partial charge in [0, 0.05) is 18.6 Å². The normalized spacial score (nSPS) is 10.7. The van der Waals surface area contributed by atoms with E-state index < -0.39 is 11.9 Å². The van der Waals surface area contributed by atoms with Crippen LogP contribution in [0.2, 0.25) is 0 Å². The number of aryl methyl sites for hydroxylation is 1. The van der Waals surface area contributed by atoms with Crippen molar-refractivity contribution in [2.45, 2.75) is 6.54 Å². The Morgan fingerprint density at radius 3 is 2.38 bits per heavy atom. The van der Waals surface area contributed by atoms with Crippen LogP contribution in [0.5, 0.6) is 0 Å². The summed E-state index contributed by atoms with van der Waals surface area (Å²) < 4.78 is 12.1. The fraction of sp³-hybridized carbons (Fsp3) is 0.235. The second-order valence-corrected chi connectivity index (χ2v) is 5.54. The van der Waals surface area contributed by atoms with Gasteiger partial charge in [0.2, 0.25) is 5.69 Å². The average Bonchev–Trinajstić information content (AvgIpc) is 3.08. The van der Waals surface area contributed by atoms with Crippen molar-refractivity contribution in [2.75, 3.05) is 14.2 Å². The highest BCUT2D eigenvalue weighted by molar-refractivity contribution is 6.00. The van der Waals surface area contributed by atoms with E-state index in [0.29, 0.717) is 5.39 Å². The number of aromatic nitrogens is 4. The lowest BCUT2D eigenvalue weighted by Crippen LogP contribution is -2.20. The number of hydrogen-bond donors (Lipinski definition) is 0. The summed E-state index contributed by atoms with van der Waals surface area (Å²) in [5, 5.41) is 8.89. The smallest absolute Gasteiger partial charge is 0.361 e. The molecule has 0 spiro atoms. The Hall–Kier alpha value is -3.49. The molecular weight excluding hydrogens is 340 g/mol. The third-order valence-electron chi connectivity index (χ3n) is 3.99. The summed E-state index contributed by atoms with van der Waals surface area (Å²) in [5.41, 5.74) is 0.256. The molecule has 0 amide bonds. The van der Waals surface area contributed by atoms with Gasteiger partial charge in [-0.2, -0.15) is 0 Å². The molecule has 0 fully saturated rings. The number of hydrogen-bond acceptors (Lipinski definition) is 7. The molecule has 9 nitrogen and oxygen atoms in total. The molecule has 0 aliphatic carbocycles. The number of benzene rings is 1. The molecule has 0 aliphatic heterocycles. The van der Waals surface area contributed by atoms with Crippen molar-refractivity contribution in [1.82, 2.24) is 19.6 Å². The number of carbonyl (C=O) groups is 2. The molecule has 2 heterocycles. The third-order valence-corrected chi connectivity index (χ3v) is 3.99. The second-order valence-electron chi connectivity index (χ2n) is 5.54. The molecule has 134 valence electrons. The molecule has 0 aliphatic rings. The van der Waals surface area contributed by atoms with Gasteiger partial charge >= 0.3 is 11.9 Å². The molecule has 0 radical (unpaired) electrons. The Morgan fingerprint density at radius 2 is 1.73 bits per heavy atom. The Labute approximate surface area is 147 Å². The fourth-order valence-corrected chi connectivity index (χ4v) is 2.75. The minimum Gasteiger partial charge on any atom is -0.464 e. The highest BCUT2D eigenvalue weighted by Crippen LogP contribution is 2.18. The molecule has 26 heavy (non-hydrogen) atoms. The first-order chi connectivity index (χ1) is 12.5. The van der Waals surface area contributed by atoms with E-state index in [9.17, 15) is 14.4 Å². The van der Waals surface area contributed by atoms with Gasteiger partial charge in [0.25, 0.3) is 5.56 Å². The predicted octanol–water partition coefficient (Wildman–Crippen LogP) is 0.751. The molecule has 0 atom stereocenters. The number of ether oxygens (including phenoxy) is 2. The van der Waals surface area contributed by atoms with E-state index >= 15 is 0 Å². The predicted molar refractivity (Wildman–Crippen MR) is 91.0 cm³/mol. The van der Waals surface area contributed by atoms with E-state index in [1.54, 1.807) is 25.4 Å². The van der Waals surface area contributed by atoms with Crippen LogP contribution < -0.4 is 5.56 Å². The van der Waals surface area contributed by atoms with Crippen LogP contribution in [0.1, 0.15) is 26.5 Å². The number of nitrogens with zero attached hydrogens (tertiary/aromatic N) is 4. The Balaban J connectivity index is 2.16. The maximum absolute atomic E-state index is 12.3. The quantitative estimate of drug-likeness (QED) is 0.635. The van der Waals surface area contributed by atoms with Gasteiger partial charge in [-0.3, -0.25) is 4.79 Å².